The first-order valence-corrected chi connectivity index (χ1v) is 4.97. The van der Waals surface area contributed by atoms with Crippen molar-refractivity contribution >= 4 is 0 Å². The molecule has 1 aliphatic rings. The van der Waals surface area contributed by atoms with Gasteiger partial charge in [0.15, 0.2) is 0 Å². The number of hydrogen-bond acceptors (Lipinski definition) is 1. The van der Waals surface area contributed by atoms with Gasteiger partial charge in [0, 0.05) is 14.2 Å². The molecule has 0 atom stereocenters. The topological polar surface area (TPSA) is 9.23 Å². The molecule has 0 aromatic carbocycles. The van der Waals surface area contributed by atoms with E-state index in [0.29, 0.717) is 0 Å². The van der Waals surface area contributed by atoms with Crippen molar-refractivity contribution in [2.24, 2.45) is 0 Å². The largest absolute Gasteiger partial charge is 0.388 e. The van der Waals surface area contributed by atoms with E-state index in [-0.39, 0.29) is 0 Å². The zero-order valence-electron chi connectivity index (χ0n) is 9.22. The summed E-state index contributed by atoms with van der Waals surface area (Å²) in [5.41, 5.74) is 0. The first-order chi connectivity index (χ1) is 6.33. The molecule has 0 aromatic rings. The van der Waals surface area contributed by atoms with Crippen molar-refractivity contribution in [3.8, 4) is 0 Å². The van der Waals surface area contributed by atoms with Gasteiger partial charge >= 0.3 is 0 Å². The number of hydrogen-bond donors (Lipinski definition) is 0. The first-order valence-electron chi connectivity index (χ1n) is 4.97. The maximum atomic E-state index is 4.25. The highest BCUT2D eigenvalue weighted by Gasteiger charge is 1.95. The van der Waals surface area contributed by atoms with Crippen LogP contribution in [0.1, 0.15) is 38.5 Å². The lowest BCUT2D eigenvalue weighted by Crippen LogP contribution is -1.85. The van der Waals surface area contributed by atoms with E-state index < -0.39 is 0 Å². The molecule has 1 nitrogen and oxygen atoms in total. The van der Waals surface area contributed by atoms with E-state index in [1.165, 1.54) is 38.5 Å². The van der Waals surface area contributed by atoms with Crippen molar-refractivity contribution in [2.75, 3.05) is 14.2 Å². The minimum Gasteiger partial charge on any atom is -0.388 e. The Morgan fingerprint density at radius 1 is 0.769 bits per heavy atom. The van der Waals surface area contributed by atoms with Gasteiger partial charge in [0.2, 0.25) is 0 Å². The molecule has 0 N–H and O–H groups in total. The summed E-state index contributed by atoms with van der Waals surface area (Å²) in [6.45, 7) is 6.72. The molecule has 0 spiro atoms. The fraction of sp³-hybridized carbons (Fsp3) is 0.667. The summed E-state index contributed by atoms with van der Waals surface area (Å²) in [6, 6.07) is 0. The van der Waals surface area contributed by atoms with Crippen LogP contribution >= 0.6 is 0 Å². The zero-order valence-corrected chi connectivity index (χ0v) is 9.22. The highest BCUT2D eigenvalue weighted by molar-refractivity contribution is 4.88. The molecule has 0 heterocycles. The van der Waals surface area contributed by atoms with E-state index in [4.69, 9.17) is 0 Å². The van der Waals surface area contributed by atoms with E-state index >= 15 is 0 Å². The average Bonchev–Trinajstić information content (AvgIpc) is 2.22. The van der Waals surface area contributed by atoms with Gasteiger partial charge in [-0.05, 0) is 0 Å². The fourth-order valence-corrected chi connectivity index (χ4v) is 1.06. The van der Waals surface area contributed by atoms with Crippen molar-refractivity contribution in [1.82, 2.24) is 0 Å². The molecule has 13 heavy (non-hydrogen) atoms. The summed E-state index contributed by atoms with van der Waals surface area (Å²) in [5.74, 6) is 0. The Labute approximate surface area is 83.5 Å². The Bertz CT molecular complexity index is 75.8. The van der Waals surface area contributed by atoms with Crippen LogP contribution in [0.3, 0.4) is 0 Å². The molecule has 0 amide bonds. The third-order valence-electron chi connectivity index (χ3n) is 1.67. The standard InChI is InChI=1S/C6H12.C4H6.C2H6O/c1-2-4-6-5-3-1;1-3-4-2;1-3-2/h1-6H2;3-4H,1-2H2;1-2H3. The molecule has 0 saturated heterocycles. The summed E-state index contributed by atoms with van der Waals surface area (Å²) in [6.07, 6.45) is 12.3. The zero-order chi connectivity index (χ0) is 10.4. The molecule has 1 heteroatoms. The molecule has 0 aromatic heterocycles. The maximum absolute atomic E-state index is 4.25. The molecule has 0 unspecified atom stereocenters. The summed E-state index contributed by atoms with van der Waals surface area (Å²) in [7, 11) is 3.25. The van der Waals surface area contributed by atoms with Crippen LogP contribution in [0.2, 0.25) is 0 Å². The molecule has 0 aliphatic heterocycles. The van der Waals surface area contributed by atoms with Crippen LogP contribution in [0.4, 0.5) is 0 Å². The lowest BCUT2D eigenvalue weighted by atomic mass is 10.0. The summed E-state index contributed by atoms with van der Waals surface area (Å²) >= 11 is 0. The molecule has 78 valence electrons. The SMILES string of the molecule is C1CCCCC1.C=CC=C.COC. The van der Waals surface area contributed by atoms with Crippen molar-refractivity contribution < 1.29 is 4.74 Å². The number of allylic oxidation sites excluding steroid dienone is 2. The van der Waals surface area contributed by atoms with Gasteiger partial charge in [-0.15, -0.1) is 0 Å². The number of methoxy groups -OCH3 is 1. The Kier molecular flexibility index (Phi) is 20.1. The van der Waals surface area contributed by atoms with E-state index in [1.54, 1.807) is 26.4 Å². The highest BCUT2D eigenvalue weighted by Crippen LogP contribution is 2.15. The minimum atomic E-state index is 1.50. The average molecular weight is 184 g/mol. The minimum absolute atomic E-state index is 1.50. The van der Waals surface area contributed by atoms with E-state index in [0.717, 1.165) is 0 Å². The van der Waals surface area contributed by atoms with Crippen molar-refractivity contribution in [2.45, 2.75) is 38.5 Å². The second-order valence-electron chi connectivity index (χ2n) is 3.00. The summed E-state index contributed by atoms with van der Waals surface area (Å²) in [4.78, 5) is 0. The smallest absolute Gasteiger partial charge is 0.0351 e. The third kappa shape index (κ3) is 24.6. The van der Waals surface area contributed by atoms with E-state index in [9.17, 15) is 0 Å². The fourth-order valence-electron chi connectivity index (χ4n) is 1.06. The number of ether oxygens (including phenoxy) is 1. The quantitative estimate of drug-likeness (QED) is 0.560. The Hall–Kier alpha value is -0.560. The van der Waals surface area contributed by atoms with Crippen LogP contribution < -0.4 is 0 Å². The Balaban J connectivity index is 0. The third-order valence-corrected chi connectivity index (χ3v) is 1.67. The van der Waals surface area contributed by atoms with Gasteiger partial charge in [0.25, 0.3) is 0 Å². The monoisotopic (exact) mass is 184 g/mol. The summed E-state index contributed by atoms with van der Waals surface area (Å²) < 4.78 is 4.25. The molecule has 1 fully saturated rings. The Morgan fingerprint density at radius 2 is 0.923 bits per heavy atom. The van der Waals surface area contributed by atoms with Gasteiger partial charge in [-0.3, -0.25) is 0 Å². The highest BCUT2D eigenvalue weighted by atomic mass is 16.4. The first kappa shape index (κ1) is 14.9. The van der Waals surface area contributed by atoms with E-state index in [2.05, 4.69) is 17.9 Å². The van der Waals surface area contributed by atoms with E-state index in [1.807, 2.05) is 0 Å². The van der Waals surface area contributed by atoms with Gasteiger partial charge in [-0.25, -0.2) is 0 Å². The molecule has 1 rings (SSSR count). The van der Waals surface area contributed by atoms with Gasteiger partial charge < -0.3 is 4.74 Å². The van der Waals surface area contributed by atoms with Crippen LogP contribution in [-0.2, 0) is 4.74 Å². The van der Waals surface area contributed by atoms with Gasteiger partial charge in [-0.1, -0.05) is 63.8 Å². The number of rotatable bonds is 1. The van der Waals surface area contributed by atoms with Crippen LogP contribution in [0, 0.1) is 0 Å². The maximum Gasteiger partial charge on any atom is 0.0351 e. The van der Waals surface area contributed by atoms with Crippen LogP contribution in [0.5, 0.6) is 0 Å². The molecule has 1 aliphatic carbocycles. The molecule has 0 radical (unpaired) electrons. The molecular formula is C12H24O. The Morgan fingerprint density at radius 3 is 1.00 bits per heavy atom. The second-order valence-corrected chi connectivity index (χ2v) is 3.00. The van der Waals surface area contributed by atoms with Crippen LogP contribution in [-0.4, -0.2) is 14.2 Å². The predicted octanol–water partition coefficient (Wildman–Crippen LogP) is 3.96. The summed E-state index contributed by atoms with van der Waals surface area (Å²) in [5, 5.41) is 0. The lowest BCUT2D eigenvalue weighted by molar-refractivity contribution is 0.277. The molecule has 0 bridgehead atoms. The second kappa shape index (κ2) is 17.5. The van der Waals surface area contributed by atoms with Gasteiger partial charge in [0.05, 0.1) is 0 Å². The molecular weight excluding hydrogens is 160 g/mol. The van der Waals surface area contributed by atoms with Gasteiger partial charge in [0.1, 0.15) is 0 Å². The normalized spacial score (nSPS) is 14.0. The van der Waals surface area contributed by atoms with Gasteiger partial charge in [-0.2, -0.15) is 0 Å². The lowest BCUT2D eigenvalue weighted by Gasteiger charge is -2.05. The van der Waals surface area contributed by atoms with Crippen molar-refractivity contribution in [1.29, 1.82) is 0 Å². The van der Waals surface area contributed by atoms with Crippen LogP contribution in [0.15, 0.2) is 25.3 Å². The molecule has 1 saturated carbocycles. The van der Waals surface area contributed by atoms with Crippen molar-refractivity contribution in [3.05, 3.63) is 25.3 Å². The predicted molar refractivity (Wildman–Crippen MR) is 61.0 cm³/mol. The van der Waals surface area contributed by atoms with Crippen LogP contribution in [0.25, 0.3) is 0 Å². The van der Waals surface area contributed by atoms with Crippen molar-refractivity contribution in [3.63, 3.8) is 0 Å².